The number of halogens is 1. The van der Waals surface area contributed by atoms with Crippen LogP contribution in [0.15, 0.2) is 18.2 Å². The average Bonchev–Trinajstić information content (AvgIpc) is 2.82. The third kappa shape index (κ3) is 2.73. The van der Waals surface area contributed by atoms with E-state index in [0.29, 0.717) is 25.8 Å². The number of nitro groups is 1. The van der Waals surface area contributed by atoms with Crippen LogP contribution in [-0.2, 0) is 11.3 Å². The topological polar surface area (TPSA) is 83.7 Å². The van der Waals surface area contributed by atoms with Gasteiger partial charge in [0.2, 0.25) is 0 Å². The molecule has 2 rings (SSSR count). The number of nitrogens with zero attached hydrogens (tertiary/aromatic N) is 2. The molecule has 1 aliphatic rings. The number of likely N-dealkylation sites (tertiary alicyclic amines) is 1. The van der Waals surface area contributed by atoms with Crippen LogP contribution in [0.25, 0.3) is 0 Å². The molecule has 0 radical (unpaired) electrons. The van der Waals surface area contributed by atoms with Crippen LogP contribution < -0.4 is 0 Å². The third-order valence-corrected chi connectivity index (χ3v) is 4.21. The van der Waals surface area contributed by atoms with Gasteiger partial charge in [-0.1, -0.05) is 6.92 Å². The first-order valence-corrected chi connectivity index (χ1v) is 6.82. The number of nitro benzene ring substituents is 1. The smallest absolute Gasteiger partial charge is 0.324 e. The van der Waals surface area contributed by atoms with E-state index < -0.39 is 22.2 Å². The molecule has 1 aromatic rings. The summed E-state index contributed by atoms with van der Waals surface area (Å²) >= 11 is 0. The molecule has 1 fully saturated rings. The Hall–Kier alpha value is -2.02. The summed E-state index contributed by atoms with van der Waals surface area (Å²) in [4.78, 5) is 23.7. The maximum Gasteiger partial charge on any atom is 0.324 e. The molecule has 0 aliphatic carbocycles. The Bertz CT molecular complexity index is 578. The average molecular weight is 296 g/mol. The van der Waals surface area contributed by atoms with Crippen molar-refractivity contribution in [2.24, 2.45) is 0 Å². The van der Waals surface area contributed by atoms with Crippen LogP contribution in [0.4, 0.5) is 10.1 Å². The SMILES string of the molecule is CCC1(C(=O)O)CCCN1Cc1cc(F)ccc1[N+](=O)[O-]. The molecule has 1 N–H and O–H groups in total. The second-order valence-corrected chi connectivity index (χ2v) is 5.25. The maximum atomic E-state index is 13.4. The highest BCUT2D eigenvalue weighted by Crippen LogP contribution is 2.35. The van der Waals surface area contributed by atoms with Crippen LogP contribution >= 0.6 is 0 Å². The summed E-state index contributed by atoms with van der Waals surface area (Å²) in [6.45, 7) is 2.38. The minimum atomic E-state index is -1.01. The van der Waals surface area contributed by atoms with Gasteiger partial charge in [0.05, 0.1) is 4.92 Å². The number of carbonyl (C=O) groups is 1. The summed E-state index contributed by atoms with van der Waals surface area (Å²) in [5.41, 5.74) is -0.986. The van der Waals surface area contributed by atoms with E-state index >= 15 is 0 Å². The minimum Gasteiger partial charge on any atom is -0.480 e. The van der Waals surface area contributed by atoms with Crippen LogP contribution in [0.5, 0.6) is 0 Å². The molecule has 1 aliphatic heterocycles. The number of carboxylic acid groups (broad SMARTS) is 1. The third-order valence-electron chi connectivity index (χ3n) is 4.21. The van der Waals surface area contributed by atoms with E-state index in [-0.39, 0.29) is 17.8 Å². The molecule has 6 nitrogen and oxygen atoms in total. The maximum absolute atomic E-state index is 13.4. The molecule has 114 valence electrons. The molecule has 1 unspecified atom stereocenters. The molecule has 21 heavy (non-hydrogen) atoms. The Morgan fingerprint density at radius 1 is 1.57 bits per heavy atom. The predicted molar refractivity (Wildman–Crippen MR) is 73.4 cm³/mol. The van der Waals surface area contributed by atoms with Gasteiger partial charge >= 0.3 is 5.97 Å². The van der Waals surface area contributed by atoms with Crippen molar-refractivity contribution in [2.45, 2.75) is 38.3 Å². The monoisotopic (exact) mass is 296 g/mol. The van der Waals surface area contributed by atoms with Crippen LogP contribution in [0.3, 0.4) is 0 Å². The minimum absolute atomic E-state index is 0.0637. The molecule has 1 heterocycles. The van der Waals surface area contributed by atoms with E-state index in [1.165, 1.54) is 0 Å². The van der Waals surface area contributed by atoms with Crippen LogP contribution in [0.2, 0.25) is 0 Å². The lowest BCUT2D eigenvalue weighted by molar-refractivity contribution is -0.385. The summed E-state index contributed by atoms with van der Waals surface area (Å²) in [7, 11) is 0. The number of benzene rings is 1. The lowest BCUT2D eigenvalue weighted by atomic mass is 9.92. The summed E-state index contributed by atoms with van der Waals surface area (Å²) < 4.78 is 13.4. The highest BCUT2D eigenvalue weighted by Gasteiger charge is 2.46. The van der Waals surface area contributed by atoms with Gasteiger partial charge in [-0.3, -0.25) is 19.8 Å². The fourth-order valence-corrected chi connectivity index (χ4v) is 3.02. The zero-order valence-corrected chi connectivity index (χ0v) is 11.7. The van der Waals surface area contributed by atoms with E-state index in [4.69, 9.17) is 0 Å². The highest BCUT2D eigenvalue weighted by molar-refractivity contribution is 5.79. The Morgan fingerprint density at radius 2 is 2.29 bits per heavy atom. The second-order valence-electron chi connectivity index (χ2n) is 5.25. The molecule has 1 saturated heterocycles. The standard InChI is InChI=1S/C14H17FN2O4/c1-2-14(13(18)19)6-3-7-16(14)9-10-8-11(15)4-5-12(10)17(20)21/h4-5,8H,2-3,6-7,9H2,1H3,(H,18,19). The normalized spacial score (nSPS) is 22.4. The first-order chi connectivity index (χ1) is 9.90. The molecule has 0 spiro atoms. The molecular weight excluding hydrogens is 279 g/mol. The lowest BCUT2D eigenvalue weighted by Crippen LogP contribution is -2.49. The number of aliphatic carboxylic acids is 1. The molecular formula is C14H17FN2O4. The molecule has 7 heteroatoms. The molecule has 0 amide bonds. The Morgan fingerprint density at radius 3 is 2.86 bits per heavy atom. The zero-order chi connectivity index (χ0) is 15.6. The van der Waals surface area contributed by atoms with Crippen LogP contribution in [0, 0.1) is 15.9 Å². The predicted octanol–water partition coefficient (Wildman–Crippen LogP) is 2.56. The number of carboxylic acids is 1. The van der Waals surface area contributed by atoms with Crippen LogP contribution in [0.1, 0.15) is 31.7 Å². The molecule has 0 aromatic heterocycles. The first-order valence-electron chi connectivity index (χ1n) is 6.82. The summed E-state index contributed by atoms with van der Waals surface area (Å²) in [5, 5.41) is 20.5. The zero-order valence-electron chi connectivity index (χ0n) is 11.7. The Kier molecular flexibility index (Phi) is 4.22. The van der Waals surface area contributed by atoms with Gasteiger partial charge < -0.3 is 5.11 Å². The van der Waals surface area contributed by atoms with Gasteiger partial charge in [0.1, 0.15) is 11.4 Å². The van der Waals surface area contributed by atoms with Gasteiger partial charge in [-0.25, -0.2) is 4.39 Å². The van der Waals surface area contributed by atoms with Gasteiger partial charge in [0.25, 0.3) is 5.69 Å². The number of hydrogen-bond donors (Lipinski definition) is 1. The van der Waals surface area contributed by atoms with Gasteiger partial charge in [-0.15, -0.1) is 0 Å². The second kappa shape index (κ2) is 5.77. The quantitative estimate of drug-likeness (QED) is 0.667. The molecule has 0 bridgehead atoms. The summed E-state index contributed by atoms with van der Waals surface area (Å²) in [5.74, 6) is -1.49. The summed E-state index contributed by atoms with van der Waals surface area (Å²) in [6, 6.07) is 3.27. The largest absolute Gasteiger partial charge is 0.480 e. The van der Waals surface area contributed by atoms with Crippen molar-refractivity contribution >= 4 is 11.7 Å². The molecule has 1 atom stereocenters. The van der Waals surface area contributed by atoms with Gasteiger partial charge in [0, 0.05) is 18.2 Å². The van der Waals surface area contributed by atoms with Crippen molar-refractivity contribution in [3.05, 3.63) is 39.7 Å². The molecule has 0 saturated carbocycles. The fourth-order valence-electron chi connectivity index (χ4n) is 3.02. The van der Waals surface area contributed by atoms with E-state index in [0.717, 1.165) is 18.2 Å². The van der Waals surface area contributed by atoms with Crippen molar-refractivity contribution in [3.63, 3.8) is 0 Å². The Labute approximate surface area is 121 Å². The van der Waals surface area contributed by atoms with Crippen molar-refractivity contribution in [3.8, 4) is 0 Å². The van der Waals surface area contributed by atoms with Crippen molar-refractivity contribution in [1.82, 2.24) is 4.90 Å². The highest BCUT2D eigenvalue weighted by atomic mass is 19.1. The Balaban J connectivity index is 2.35. The molecule has 1 aromatic carbocycles. The van der Waals surface area contributed by atoms with Gasteiger partial charge in [-0.2, -0.15) is 0 Å². The van der Waals surface area contributed by atoms with Gasteiger partial charge in [0.15, 0.2) is 0 Å². The first kappa shape index (κ1) is 15.4. The van der Waals surface area contributed by atoms with E-state index in [1.54, 1.807) is 11.8 Å². The van der Waals surface area contributed by atoms with Crippen LogP contribution in [-0.4, -0.2) is 33.0 Å². The fraction of sp³-hybridized carbons (Fsp3) is 0.500. The van der Waals surface area contributed by atoms with E-state index in [1.807, 2.05) is 0 Å². The van der Waals surface area contributed by atoms with Crippen molar-refractivity contribution in [1.29, 1.82) is 0 Å². The lowest BCUT2D eigenvalue weighted by Gasteiger charge is -2.33. The number of rotatable bonds is 5. The van der Waals surface area contributed by atoms with E-state index in [2.05, 4.69) is 0 Å². The van der Waals surface area contributed by atoms with Crippen molar-refractivity contribution in [2.75, 3.05) is 6.54 Å². The van der Waals surface area contributed by atoms with Crippen molar-refractivity contribution < 1.29 is 19.2 Å². The summed E-state index contributed by atoms with van der Waals surface area (Å²) in [6.07, 6.45) is 1.62. The van der Waals surface area contributed by atoms with Gasteiger partial charge in [-0.05, 0) is 37.9 Å². The number of hydrogen-bond acceptors (Lipinski definition) is 4. The van der Waals surface area contributed by atoms with E-state index in [9.17, 15) is 24.4 Å².